The van der Waals surface area contributed by atoms with E-state index in [0.717, 1.165) is 47.4 Å². The maximum atomic E-state index is 15.5. The van der Waals surface area contributed by atoms with E-state index in [9.17, 15) is 19.6 Å². The first kappa shape index (κ1) is 38.1. The summed E-state index contributed by atoms with van der Waals surface area (Å²) in [5.41, 5.74) is 7.77. The number of nitrogens with one attached hydrogen (secondary N) is 2. The Kier molecular flexibility index (Phi) is 13.6. The van der Waals surface area contributed by atoms with Gasteiger partial charge < -0.3 is 25.3 Å². The van der Waals surface area contributed by atoms with E-state index in [1.54, 1.807) is 31.0 Å². The Labute approximate surface area is 296 Å². The average Bonchev–Trinajstić information content (AvgIpc) is 3.56. The molecule has 0 fully saturated rings. The lowest BCUT2D eigenvalue weighted by molar-refractivity contribution is -0.143. The van der Waals surface area contributed by atoms with Crippen LogP contribution in [0.3, 0.4) is 0 Å². The van der Waals surface area contributed by atoms with Crippen LogP contribution in [-0.4, -0.2) is 39.9 Å². The van der Waals surface area contributed by atoms with Crippen LogP contribution in [0.1, 0.15) is 74.8 Å². The lowest BCUT2D eigenvalue weighted by Crippen LogP contribution is -2.16. The van der Waals surface area contributed by atoms with Crippen LogP contribution >= 0.6 is 11.8 Å². The van der Waals surface area contributed by atoms with Crippen molar-refractivity contribution >= 4 is 34.3 Å². The third-order valence-corrected chi connectivity index (χ3v) is 9.91. The summed E-state index contributed by atoms with van der Waals surface area (Å²) < 4.78 is 41.1. The molecule has 50 heavy (non-hydrogen) atoms. The summed E-state index contributed by atoms with van der Waals surface area (Å²) in [6, 6.07) is 16.5. The van der Waals surface area contributed by atoms with Gasteiger partial charge in [0.2, 0.25) is 0 Å². The first-order valence-electron chi connectivity index (χ1n) is 16.6. The highest BCUT2D eigenvalue weighted by Crippen LogP contribution is 2.37. The van der Waals surface area contributed by atoms with Gasteiger partial charge in [-0.15, -0.1) is 0 Å². The third kappa shape index (κ3) is 10.2. The number of thioether (sulfide) groups is 1. The number of hydrogen-bond acceptors (Lipinski definition) is 8. The van der Waals surface area contributed by atoms with E-state index in [-0.39, 0.29) is 34.0 Å². The summed E-state index contributed by atoms with van der Waals surface area (Å²) in [5, 5.41) is 29.2. The molecule has 1 atom stereocenters. The minimum atomic E-state index is -0.732. The van der Waals surface area contributed by atoms with Crippen molar-refractivity contribution in [2.45, 2.75) is 65.4 Å². The van der Waals surface area contributed by atoms with Crippen molar-refractivity contribution in [3.8, 4) is 17.6 Å². The van der Waals surface area contributed by atoms with Crippen molar-refractivity contribution in [3.63, 3.8) is 0 Å². The van der Waals surface area contributed by atoms with E-state index >= 15 is 4.39 Å². The van der Waals surface area contributed by atoms with Crippen LogP contribution in [0.2, 0.25) is 0 Å². The van der Waals surface area contributed by atoms with Crippen molar-refractivity contribution in [3.05, 3.63) is 106 Å². The Hall–Kier alpha value is -4.66. The van der Waals surface area contributed by atoms with Gasteiger partial charge in [-0.1, -0.05) is 38.1 Å². The summed E-state index contributed by atoms with van der Waals surface area (Å²) in [6.07, 6.45) is 5.83. The Morgan fingerprint density at radius 1 is 1.16 bits per heavy atom. The number of esters is 1. The second-order valence-corrected chi connectivity index (χ2v) is 13.9. The van der Waals surface area contributed by atoms with Crippen LogP contribution in [-0.2, 0) is 22.4 Å². The number of nitrogens with two attached hydrogens (primary N) is 1. The van der Waals surface area contributed by atoms with Crippen molar-refractivity contribution in [2.24, 2.45) is 11.1 Å². The Bertz CT molecular complexity index is 1880. The number of carbonyl (C=O) groups is 1. The molecule has 0 radical (unpaired) electrons. The number of rotatable bonds is 18. The second kappa shape index (κ2) is 17.8. The molecule has 8 nitrogen and oxygen atoms in total. The molecule has 4 aromatic rings. The molecule has 5 N–H and O–H groups in total. The van der Waals surface area contributed by atoms with Crippen LogP contribution in [0, 0.1) is 33.8 Å². The van der Waals surface area contributed by atoms with Gasteiger partial charge in [0.1, 0.15) is 17.6 Å². The van der Waals surface area contributed by atoms with Gasteiger partial charge in [-0.2, -0.15) is 17.0 Å². The molecular formula is C39H44F2N4O4S. The number of aryl methyl sites for hydroxylation is 2. The molecule has 0 aliphatic rings. The largest absolute Gasteiger partial charge is 0.466 e. The minimum absolute atomic E-state index is 0.00815. The number of aromatic nitrogens is 1. The second-order valence-electron chi connectivity index (χ2n) is 12.8. The number of allylic oxidation sites excluding steroid dienone is 1. The van der Waals surface area contributed by atoms with Crippen LogP contribution in [0.15, 0.2) is 72.6 Å². The molecule has 3 aromatic carbocycles. The summed E-state index contributed by atoms with van der Waals surface area (Å²) in [7, 11) is 0. The van der Waals surface area contributed by atoms with E-state index in [0.29, 0.717) is 49.1 Å². The minimum Gasteiger partial charge on any atom is -0.466 e. The number of nitrogens with zero attached hydrogens (tertiary/aromatic N) is 1. The molecule has 0 spiro atoms. The maximum Gasteiger partial charge on any atom is 0.306 e. The average molecular weight is 703 g/mol. The number of aliphatic hydroxyl groups is 1. The van der Waals surface area contributed by atoms with Gasteiger partial charge in [0, 0.05) is 46.9 Å². The zero-order valence-electron chi connectivity index (χ0n) is 28.7. The molecule has 0 aliphatic heterocycles. The SMILES string of the molecule is CCOC(=O)CCc1cccc(C(O)CCCC(C)(C)CSCCc2c(Oc3ccc(F)c(C(=N)/C(C#N)=C\N)c3)c(F)cc3[nH]ccc23)c1. The Morgan fingerprint density at radius 2 is 1.96 bits per heavy atom. The Balaban J connectivity index is 1.35. The zero-order valence-corrected chi connectivity index (χ0v) is 29.5. The number of aromatic amines is 1. The molecule has 1 heterocycles. The summed E-state index contributed by atoms with van der Waals surface area (Å²) in [6.45, 7) is 6.55. The van der Waals surface area contributed by atoms with Gasteiger partial charge in [-0.25, -0.2) is 8.78 Å². The number of carbonyl (C=O) groups excluding carboxylic acids is 1. The highest BCUT2D eigenvalue weighted by molar-refractivity contribution is 7.99. The van der Waals surface area contributed by atoms with Crippen molar-refractivity contribution in [2.75, 3.05) is 18.1 Å². The predicted molar refractivity (Wildman–Crippen MR) is 194 cm³/mol. The maximum absolute atomic E-state index is 15.5. The number of halogens is 2. The van der Waals surface area contributed by atoms with Gasteiger partial charge in [-0.05, 0) is 91.3 Å². The lowest BCUT2D eigenvalue weighted by Gasteiger charge is -2.25. The van der Waals surface area contributed by atoms with E-state index in [1.165, 1.54) is 18.2 Å². The van der Waals surface area contributed by atoms with Gasteiger partial charge in [0.25, 0.3) is 0 Å². The van der Waals surface area contributed by atoms with Crippen molar-refractivity contribution < 1.29 is 28.2 Å². The van der Waals surface area contributed by atoms with Crippen LogP contribution in [0.5, 0.6) is 11.5 Å². The van der Waals surface area contributed by atoms with Crippen LogP contribution in [0.4, 0.5) is 8.78 Å². The highest BCUT2D eigenvalue weighted by atomic mass is 32.2. The molecule has 0 bridgehead atoms. The number of hydrogen-bond donors (Lipinski definition) is 4. The predicted octanol–water partition coefficient (Wildman–Crippen LogP) is 8.67. The van der Waals surface area contributed by atoms with Gasteiger partial charge >= 0.3 is 5.97 Å². The molecular weight excluding hydrogens is 659 g/mol. The smallest absolute Gasteiger partial charge is 0.306 e. The first-order chi connectivity index (χ1) is 24.0. The highest BCUT2D eigenvalue weighted by Gasteiger charge is 2.22. The fraction of sp³-hybridized carbons (Fsp3) is 0.359. The van der Waals surface area contributed by atoms with E-state index in [2.05, 4.69) is 18.8 Å². The molecule has 4 rings (SSSR count). The molecule has 1 unspecified atom stereocenters. The number of H-pyrrole nitrogens is 1. The topological polar surface area (TPSA) is 145 Å². The molecule has 264 valence electrons. The number of aliphatic hydroxyl groups excluding tert-OH is 1. The van der Waals surface area contributed by atoms with Gasteiger partial charge in [0.05, 0.1) is 24.0 Å². The molecule has 0 saturated heterocycles. The van der Waals surface area contributed by atoms with E-state index in [4.69, 9.17) is 20.6 Å². The van der Waals surface area contributed by atoms with Crippen LogP contribution in [0.25, 0.3) is 10.9 Å². The number of ether oxygens (including phenoxy) is 2. The van der Waals surface area contributed by atoms with Gasteiger partial charge in [0.15, 0.2) is 11.6 Å². The normalized spacial score (nSPS) is 12.5. The number of benzene rings is 3. The quantitative estimate of drug-likeness (QED) is 0.0351. The summed E-state index contributed by atoms with van der Waals surface area (Å²) >= 11 is 1.76. The van der Waals surface area contributed by atoms with Crippen LogP contribution < -0.4 is 10.5 Å². The van der Waals surface area contributed by atoms with E-state index < -0.39 is 23.5 Å². The number of nitriles is 1. The lowest BCUT2D eigenvalue weighted by atomic mass is 9.88. The molecule has 0 amide bonds. The fourth-order valence-electron chi connectivity index (χ4n) is 5.75. The first-order valence-corrected chi connectivity index (χ1v) is 17.8. The summed E-state index contributed by atoms with van der Waals surface area (Å²) in [4.78, 5) is 14.8. The Morgan fingerprint density at radius 3 is 2.70 bits per heavy atom. The van der Waals surface area contributed by atoms with E-state index in [1.807, 2.05) is 30.3 Å². The molecule has 11 heteroatoms. The number of fused-ring (bicyclic) bond motifs is 1. The standard InChI is InChI=1S/C39H44F2N4O4S/c1-4-48-36(47)13-10-25-7-5-8-26(19-25)35(46)9-6-16-39(2,3)24-50-18-15-30-29-14-17-45-34(29)21-33(41)38(30)49-28-11-12-32(40)31(20-28)37(44)27(22-42)23-43/h5,7-8,11-12,14,17,19-22,35,44-46H,4,6,9-10,13,15-16,18,24,42H2,1-3H3/b27-22-,44-37?. The summed E-state index contributed by atoms with van der Waals surface area (Å²) in [5.74, 6) is 0.152. The van der Waals surface area contributed by atoms with Gasteiger partial charge in [-0.3, -0.25) is 10.2 Å². The monoisotopic (exact) mass is 702 g/mol. The third-order valence-electron chi connectivity index (χ3n) is 8.43. The molecule has 0 saturated carbocycles. The molecule has 0 aliphatic carbocycles. The fourth-order valence-corrected chi connectivity index (χ4v) is 6.94. The van der Waals surface area contributed by atoms with Crippen molar-refractivity contribution in [1.82, 2.24) is 4.98 Å². The molecule has 1 aromatic heterocycles. The van der Waals surface area contributed by atoms with Crippen molar-refractivity contribution in [1.29, 1.82) is 10.7 Å². The zero-order chi connectivity index (χ0) is 36.3.